The molecule has 0 unspecified atom stereocenters. The van der Waals surface area contributed by atoms with Gasteiger partial charge < -0.3 is 20.7 Å². The van der Waals surface area contributed by atoms with Crippen molar-refractivity contribution in [1.82, 2.24) is 0 Å². The largest absolute Gasteiger partial charge is 0.507 e. The fourth-order valence-electron chi connectivity index (χ4n) is 3.96. The van der Waals surface area contributed by atoms with E-state index in [1.54, 1.807) is 19.2 Å². The average Bonchev–Trinajstić information content (AvgIpc) is 2.87. The Labute approximate surface area is 203 Å². The summed E-state index contributed by atoms with van der Waals surface area (Å²) >= 11 is 1.84. The van der Waals surface area contributed by atoms with Gasteiger partial charge in [-0.1, -0.05) is 61.5 Å². The van der Waals surface area contributed by atoms with Crippen LogP contribution in [0.2, 0.25) is 0 Å². The number of methoxy groups -OCH3 is 1. The van der Waals surface area contributed by atoms with Crippen LogP contribution in [0.5, 0.6) is 17.2 Å². The quantitative estimate of drug-likeness (QED) is 0.145. The molecular weight excluding hydrogens is 442 g/mol. The van der Waals surface area contributed by atoms with Crippen LogP contribution in [0.1, 0.15) is 6.92 Å². The first kappa shape index (κ1) is 23.3. The third kappa shape index (κ3) is 4.75. The summed E-state index contributed by atoms with van der Waals surface area (Å²) in [6.45, 7) is 2.15. The molecule has 0 aliphatic carbocycles. The highest BCUT2D eigenvalue weighted by molar-refractivity contribution is 7.99. The molecule has 5 rings (SSSR count). The van der Waals surface area contributed by atoms with Gasteiger partial charge in [0.15, 0.2) is 0 Å². The van der Waals surface area contributed by atoms with Gasteiger partial charge in [0, 0.05) is 32.5 Å². The molecule has 0 amide bonds. The van der Waals surface area contributed by atoms with Crippen molar-refractivity contribution in [3.05, 3.63) is 91.0 Å². The Balaban J connectivity index is 0.000000210. The molecule has 34 heavy (non-hydrogen) atoms. The third-order valence-electron chi connectivity index (χ3n) is 5.59. The summed E-state index contributed by atoms with van der Waals surface area (Å²) in [5.74, 6) is 2.28. The number of anilines is 1. The first-order valence-electron chi connectivity index (χ1n) is 11.0. The lowest BCUT2D eigenvalue weighted by atomic mass is 9.93. The van der Waals surface area contributed by atoms with E-state index in [0.29, 0.717) is 22.2 Å². The van der Waals surface area contributed by atoms with Crippen molar-refractivity contribution in [3.8, 4) is 28.4 Å². The SMILES string of the molecule is CCSc1ccc(OC)cc1.Nc1cc(-c2c(O)ccc3ccccc23)c(O)c2ccccc12. The van der Waals surface area contributed by atoms with Gasteiger partial charge in [-0.2, -0.15) is 0 Å². The highest BCUT2D eigenvalue weighted by Crippen LogP contribution is 2.45. The molecule has 4 nitrogen and oxygen atoms in total. The number of benzene rings is 5. The standard InChI is InChI=1S/C20H15NO2.C9H12OS/c21-17-11-16(20(23)15-8-4-3-7-14(15)17)19-13-6-2-1-5-12(13)9-10-18(19)22;1-3-11-9-6-4-8(10-2)5-7-9/h1-11,22-23H,21H2;4-7H,3H2,1-2H3. The Morgan fingerprint density at radius 2 is 1.44 bits per heavy atom. The van der Waals surface area contributed by atoms with Gasteiger partial charge in [-0.05, 0) is 52.9 Å². The number of ether oxygens (including phenoxy) is 1. The minimum absolute atomic E-state index is 0.119. The summed E-state index contributed by atoms with van der Waals surface area (Å²) in [5, 5.41) is 24.5. The Kier molecular flexibility index (Phi) is 7.14. The van der Waals surface area contributed by atoms with Crippen molar-refractivity contribution in [2.24, 2.45) is 0 Å². The molecule has 4 N–H and O–H groups in total. The fourth-order valence-corrected chi connectivity index (χ4v) is 4.62. The zero-order chi connectivity index (χ0) is 24.1. The maximum atomic E-state index is 10.7. The van der Waals surface area contributed by atoms with Crippen LogP contribution in [-0.2, 0) is 0 Å². The number of phenolic OH excluding ortho intramolecular Hbond substituents is 2. The normalized spacial score (nSPS) is 10.6. The number of hydrogen-bond acceptors (Lipinski definition) is 5. The maximum absolute atomic E-state index is 10.7. The van der Waals surface area contributed by atoms with Crippen molar-refractivity contribution in [3.63, 3.8) is 0 Å². The molecular formula is C29H27NO3S. The van der Waals surface area contributed by atoms with E-state index in [9.17, 15) is 10.2 Å². The zero-order valence-corrected chi connectivity index (χ0v) is 20.0. The van der Waals surface area contributed by atoms with Crippen molar-refractivity contribution in [1.29, 1.82) is 0 Å². The smallest absolute Gasteiger partial charge is 0.131 e. The third-order valence-corrected chi connectivity index (χ3v) is 6.49. The molecule has 0 heterocycles. The first-order chi connectivity index (χ1) is 16.5. The number of rotatable bonds is 4. The molecule has 5 aromatic rings. The highest BCUT2D eigenvalue weighted by Gasteiger charge is 2.16. The summed E-state index contributed by atoms with van der Waals surface area (Å²) in [4.78, 5) is 1.30. The van der Waals surface area contributed by atoms with E-state index in [-0.39, 0.29) is 11.5 Å². The van der Waals surface area contributed by atoms with Crippen LogP contribution in [0.4, 0.5) is 5.69 Å². The summed E-state index contributed by atoms with van der Waals surface area (Å²) in [6.07, 6.45) is 0. The lowest BCUT2D eigenvalue weighted by Crippen LogP contribution is -1.91. The molecule has 172 valence electrons. The van der Waals surface area contributed by atoms with Crippen LogP contribution < -0.4 is 10.5 Å². The first-order valence-corrected chi connectivity index (χ1v) is 12.0. The van der Waals surface area contributed by atoms with Gasteiger partial charge in [-0.15, -0.1) is 11.8 Å². The molecule has 0 aromatic heterocycles. The van der Waals surface area contributed by atoms with Crippen molar-refractivity contribution in [2.75, 3.05) is 18.6 Å². The van der Waals surface area contributed by atoms with Gasteiger partial charge in [-0.25, -0.2) is 0 Å². The molecule has 5 aromatic carbocycles. The molecule has 0 aliphatic heterocycles. The number of thioether (sulfide) groups is 1. The minimum Gasteiger partial charge on any atom is -0.507 e. The van der Waals surface area contributed by atoms with Gasteiger partial charge >= 0.3 is 0 Å². The lowest BCUT2D eigenvalue weighted by Gasteiger charge is -2.14. The number of nitrogens with two attached hydrogens (primary N) is 1. The van der Waals surface area contributed by atoms with Crippen molar-refractivity contribution >= 4 is 39.0 Å². The summed E-state index contributed by atoms with van der Waals surface area (Å²) in [6, 6.07) is 28.5. The van der Waals surface area contributed by atoms with E-state index < -0.39 is 0 Å². The Morgan fingerprint density at radius 3 is 2.12 bits per heavy atom. The predicted molar refractivity (Wildman–Crippen MR) is 144 cm³/mol. The molecule has 5 heteroatoms. The molecule has 0 atom stereocenters. The second-order valence-electron chi connectivity index (χ2n) is 7.70. The van der Waals surface area contributed by atoms with E-state index in [1.165, 1.54) is 4.90 Å². The van der Waals surface area contributed by atoms with Crippen molar-refractivity contribution in [2.45, 2.75) is 11.8 Å². The van der Waals surface area contributed by atoms with Crippen LogP contribution >= 0.6 is 11.8 Å². The Morgan fingerprint density at radius 1 is 0.794 bits per heavy atom. The number of fused-ring (bicyclic) bond motifs is 2. The Hall–Kier alpha value is -3.83. The van der Waals surface area contributed by atoms with Crippen LogP contribution in [0.3, 0.4) is 0 Å². The van der Waals surface area contributed by atoms with Crippen LogP contribution in [0.25, 0.3) is 32.7 Å². The lowest BCUT2D eigenvalue weighted by molar-refractivity contribution is 0.414. The molecule has 0 fully saturated rings. The van der Waals surface area contributed by atoms with Gasteiger partial charge in [0.2, 0.25) is 0 Å². The molecule has 0 saturated carbocycles. The molecule has 0 aliphatic rings. The number of aromatic hydroxyl groups is 2. The van der Waals surface area contributed by atoms with Gasteiger partial charge in [-0.3, -0.25) is 0 Å². The zero-order valence-electron chi connectivity index (χ0n) is 19.2. The minimum atomic E-state index is 0.119. The van der Waals surface area contributed by atoms with E-state index in [0.717, 1.165) is 27.7 Å². The fraction of sp³-hybridized carbons (Fsp3) is 0.103. The van der Waals surface area contributed by atoms with Gasteiger partial charge in [0.25, 0.3) is 0 Å². The second-order valence-corrected chi connectivity index (χ2v) is 9.03. The monoisotopic (exact) mass is 469 g/mol. The van der Waals surface area contributed by atoms with E-state index in [4.69, 9.17) is 10.5 Å². The molecule has 0 saturated heterocycles. The summed E-state index contributed by atoms with van der Waals surface area (Å²) in [7, 11) is 1.68. The second kappa shape index (κ2) is 10.4. The van der Waals surface area contributed by atoms with Gasteiger partial charge in [0.1, 0.15) is 17.2 Å². The van der Waals surface area contributed by atoms with Crippen LogP contribution in [-0.4, -0.2) is 23.1 Å². The van der Waals surface area contributed by atoms with E-state index >= 15 is 0 Å². The van der Waals surface area contributed by atoms with E-state index in [2.05, 4.69) is 19.1 Å². The topological polar surface area (TPSA) is 75.7 Å². The molecule has 0 bridgehead atoms. The molecule has 0 radical (unpaired) electrons. The highest BCUT2D eigenvalue weighted by atomic mass is 32.2. The maximum Gasteiger partial charge on any atom is 0.131 e. The predicted octanol–water partition coefficient (Wildman–Crippen LogP) is 7.46. The number of phenols is 2. The summed E-state index contributed by atoms with van der Waals surface area (Å²) in [5.41, 5.74) is 7.87. The summed E-state index contributed by atoms with van der Waals surface area (Å²) < 4.78 is 5.04. The molecule has 0 spiro atoms. The van der Waals surface area contributed by atoms with Crippen LogP contribution in [0.15, 0.2) is 95.9 Å². The Bertz CT molecular complexity index is 1430. The number of nitrogen functional groups attached to an aromatic ring is 1. The average molecular weight is 470 g/mol. The van der Waals surface area contributed by atoms with Crippen LogP contribution in [0, 0.1) is 0 Å². The number of hydrogen-bond donors (Lipinski definition) is 3. The van der Waals surface area contributed by atoms with E-state index in [1.807, 2.05) is 78.5 Å². The van der Waals surface area contributed by atoms with Crippen molar-refractivity contribution < 1.29 is 14.9 Å². The van der Waals surface area contributed by atoms with Gasteiger partial charge in [0.05, 0.1) is 7.11 Å².